The Balaban J connectivity index is 1.71. The molecule has 1 N–H and O–H groups in total. The fraction of sp³-hybridized carbons (Fsp3) is 0.583. The van der Waals surface area contributed by atoms with E-state index in [4.69, 9.17) is 0 Å². The summed E-state index contributed by atoms with van der Waals surface area (Å²) in [5, 5.41) is 4.39. The van der Waals surface area contributed by atoms with E-state index in [9.17, 15) is 0 Å². The number of aromatic nitrogens is 1. The molecule has 2 heterocycles. The van der Waals surface area contributed by atoms with Crippen LogP contribution >= 0.6 is 11.8 Å². The Bertz CT molecular complexity index is 289. The molecule has 1 saturated heterocycles. The summed E-state index contributed by atoms with van der Waals surface area (Å²) < 4.78 is 0. The quantitative estimate of drug-likeness (QED) is 0.844. The zero-order valence-corrected chi connectivity index (χ0v) is 9.96. The van der Waals surface area contributed by atoms with Crippen molar-refractivity contribution in [1.82, 2.24) is 10.3 Å². The summed E-state index contributed by atoms with van der Waals surface area (Å²) in [6.45, 7) is 3.36. The van der Waals surface area contributed by atoms with Crippen molar-refractivity contribution in [3.63, 3.8) is 0 Å². The molecule has 2 atom stereocenters. The van der Waals surface area contributed by atoms with Crippen LogP contribution in [0.2, 0.25) is 0 Å². The fourth-order valence-electron chi connectivity index (χ4n) is 1.93. The lowest BCUT2D eigenvalue weighted by atomic mass is 10.1. The van der Waals surface area contributed by atoms with Crippen LogP contribution in [0.25, 0.3) is 0 Å². The Labute approximate surface area is 95.9 Å². The van der Waals surface area contributed by atoms with Gasteiger partial charge in [-0.3, -0.25) is 4.98 Å². The smallest absolute Gasteiger partial charge is 0.0416 e. The van der Waals surface area contributed by atoms with Crippen molar-refractivity contribution in [2.75, 3.05) is 12.3 Å². The van der Waals surface area contributed by atoms with Gasteiger partial charge in [-0.1, -0.05) is 13.0 Å². The minimum absolute atomic E-state index is 0.707. The van der Waals surface area contributed by atoms with E-state index in [-0.39, 0.29) is 0 Å². The Kier molecular flexibility index (Phi) is 4.03. The average Bonchev–Trinajstić information content (AvgIpc) is 2.66. The van der Waals surface area contributed by atoms with Gasteiger partial charge in [-0.05, 0) is 24.3 Å². The van der Waals surface area contributed by atoms with Gasteiger partial charge in [0.25, 0.3) is 0 Å². The zero-order valence-electron chi connectivity index (χ0n) is 9.15. The van der Waals surface area contributed by atoms with Gasteiger partial charge in [-0.15, -0.1) is 0 Å². The summed E-state index contributed by atoms with van der Waals surface area (Å²) in [7, 11) is 0. The molecule has 0 radical (unpaired) electrons. The third kappa shape index (κ3) is 3.21. The summed E-state index contributed by atoms with van der Waals surface area (Å²) in [6.07, 6.45) is 4.21. The maximum Gasteiger partial charge on any atom is 0.0416 e. The van der Waals surface area contributed by atoms with Crippen molar-refractivity contribution >= 4 is 11.8 Å². The van der Waals surface area contributed by atoms with Crippen LogP contribution in [0.1, 0.15) is 19.0 Å². The van der Waals surface area contributed by atoms with Crippen LogP contribution < -0.4 is 5.32 Å². The van der Waals surface area contributed by atoms with Gasteiger partial charge in [-0.2, -0.15) is 11.8 Å². The van der Waals surface area contributed by atoms with E-state index >= 15 is 0 Å². The van der Waals surface area contributed by atoms with Crippen molar-refractivity contribution in [3.8, 4) is 0 Å². The molecule has 2 rings (SSSR count). The first kappa shape index (κ1) is 11.0. The molecule has 0 aromatic carbocycles. The predicted molar refractivity (Wildman–Crippen MR) is 66.3 cm³/mol. The summed E-state index contributed by atoms with van der Waals surface area (Å²) in [5.41, 5.74) is 1.18. The van der Waals surface area contributed by atoms with Gasteiger partial charge in [0.2, 0.25) is 0 Å². The van der Waals surface area contributed by atoms with Crippen molar-refractivity contribution in [2.45, 2.75) is 31.1 Å². The van der Waals surface area contributed by atoms with E-state index in [1.807, 2.05) is 12.3 Å². The first-order chi connectivity index (χ1) is 7.36. The largest absolute Gasteiger partial charge is 0.312 e. The Morgan fingerprint density at radius 2 is 2.47 bits per heavy atom. The summed E-state index contributed by atoms with van der Waals surface area (Å²) >= 11 is 2.07. The monoisotopic (exact) mass is 222 g/mol. The van der Waals surface area contributed by atoms with E-state index in [1.165, 1.54) is 17.9 Å². The van der Waals surface area contributed by atoms with E-state index < -0.39 is 0 Å². The first-order valence-corrected chi connectivity index (χ1v) is 6.66. The molecule has 0 aliphatic carbocycles. The van der Waals surface area contributed by atoms with E-state index in [0.717, 1.165) is 18.2 Å². The molecule has 0 saturated carbocycles. The number of hydrogen-bond donors (Lipinski definition) is 1. The molecule has 2 nitrogen and oxygen atoms in total. The van der Waals surface area contributed by atoms with Crippen LogP contribution in [0, 0.1) is 0 Å². The summed E-state index contributed by atoms with van der Waals surface area (Å²) in [4.78, 5) is 4.32. The number of nitrogens with one attached hydrogen (secondary N) is 1. The van der Waals surface area contributed by atoms with E-state index in [0.29, 0.717) is 6.04 Å². The SMILES string of the molecule is CC1SCCC1NCCc1ccccn1. The second-order valence-electron chi connectivity index (χ2n) is 4.00. The van der Waals surface area contributed by atoms with Gasteiger partial charge >= 0.3 is 0 Å². The number of nitrogens with zero attached hydrogens (tertiary/aromatic N) is 1. The maximum absolute atomic E-state index is 4.32. The highest BCUT2D eigenvalue weighted by Crippen LogP contribution is 2.25. The number of hydrogen-bond acceptors (Lipinski definition) is 3. The highest BCUT2D eigenvalue weighted by atomic mass is 32.2. The maximum atomic E-state index is 4.32. The third-order valence-electron chi connectivity index (χ3n) is 2.89. The van der Waals surface area contributed by atoms with Crippen LogP contribution in [0.4, 0.5) is 0 Å². The van der Waals surface area contributed by atoms with Crippen molar-refractivity contribution in [2.24, 2.45) is 0 Å². The molecule has 1 aromatic rings. The standard InChI is InChI=1S/C12H18N2S/c1-10-12(6-9-15-10)14-8-5-11-4-2-3-7-13-11/h2-4,7,10,12,14H,5-6,8-9H2,1H3. The number of thioether (sulfide) groups is 1. The third-order valence-corrected chi connectivity index (χ3v) is 4.22. The highest BCUT2D eigenvalue weighted by Gasteiger charge is 2.22. The Hall–Kier alpha value is -0.540. The van der Waals surface area contributed by atoms with Crippen LogP contribution in [0.15, 0.2) is 24.4 Å². The molecular weight excluding hydrogens is 204 g/mol. The molecule has 0 spiro atoms. The molecule has 3 heteroatoms. The lowest BCUT2D eigenvalue weighted by Gasteiger charge is -2.15. The normalized spacial score (nSPS) is 25.7. The fourth-order valence-corrected chi connectivity index (χ4v) is 3.16. The molecule has 0 bridgehead atoms. The van der Waals surface area contributed by atoms with Gasteiger partial charge in [0, 0.05) is 36.1 Å². The number of pyridine rings is 1. The molecule has 1 aliphatic rings. The predicted octanol–water partition coefficient (Wildman–Crippen LogP) is 2.11. The zero-order chi connectivity index (χ0) is 10.5. The second-order valence-corrected chi connectivity index (χ2v) is 5.48. The lowest BCUT2D eigenvalue weighted by Crippen LogP contribution is -2.34. The summed E-state index contributed by atoms with van der Waals surface area (Å²) in [6, 6.07) is 6.82. The summed E-state index contributed by atoms with van der Waals surface area (Å²) in [5.74, 6) is 1.31. The molecular formula is C12H18N2S. The molecule has 1 fully saturated rings. The van der Waals surface area contributed by atoms with Crippen LogP contribution in [-0.2, 0) is 6.42 Å². The molecule has 1 aliphatic heterocycles. The van der Waals surface area contributed by atoms with Gasteiger partial charge < -0.3 is 5.32 Å². The van der Waals surface area contributed by atoms with E-state index in [1.54, 1.807) is 0 Å². The van der Waals surface area contributed by atoms with Crippen molar-refractivity contribution < 1.29 is 0 Å². The Morgan fingerprint density at radius 3 is 3.13 bits per heavy atom. The minimum atomic E-state index is 0.707. The number of rotatable bonds is 4. The van der Waals surface area contributed by atoms with E-state index in [2.05, 4.69) is 41.1 Å². The Morgan fingerprint density at radius 1 is 1.53 bits per heavy atom. The first-order valence-electron chi connectivity index (χ1n) is 5.61. The molecule has 1 aromatic heterocycles. The molecule has 82 valence electrons. The van der Waals surface area contributed by atoms with Crippen LogP contribution in [0.3, 0.4) is 0 Å². The van der Waals surface area contributed by atoms with Gasteiger partial charge in [0.1, 0.15) is 0 Å². The van der Waals surface area contributed by atoms with Crippen molar-refractivity contribution in [1.29, 1.82) is 0 Å². The highest BCUT2D eigenvalue weighted by molar-refractivity contribution is 8.00. The van der Waals surface area contributed by atoms with Crippen LogP contribution in [-0.4, -0.2) is 28.6 Å². The van der Waals surface area contributed by atoms with Gasteiger partial charge in [0.05, 0.1) is 0 Å². The molecule has 0 amide bonds. The lowest BCUT2D eigenvalue weighted by molar-refractivity contribution is 0.515. The minimum Gasteiger partial charge on any atom is -0.312 e. The molecule has 15 heavy (non-hydrogen) atoms. The van der Waals surface area contributed by atoms with Gasteiger partial charge in [0.15, 0.2) is 0 Å². The van der Waals surface area contributed by atoms with Crippen LogP contribution in [0.5, 0.6) is 0 Å². The van der Waals surface area contributed by atoms with Crippen molar-refractivity contribution in [3.05, 3.63) is 30.1 Å². The topological polar surface area (TPSA) is 24.9 Å². The van der Waals surface area contributed by atoms with Gasteiger partial charge in [-0.25, -0.2) is 0 Å². The average molecular weight is 222 g/mol. The molecule has 2 unspecified atom stereocenters. The second kappa shape index (κ2) is 5.52.